The summed E-state index contributed by atoms with van der Waals surface area (Å²) in [6.45, 7) is -1.27. The Morgan fingerprint density at radius 2 is 2.00 bits per heavy atom. The van der Waals surface area contributed by atoms with E-state index in [4.69, 9.17) is 4.74 Å². The first-order valence-corrected chi connectivity index (χ1v) is 6.38. The highest BCUT2D eigenvalue weighted by molar-refractivity contribution is 6.00. The van der Waals surface area contributed by atoms with Gasteiger partial charge in [-0.2, -0.15) is 13.2 Å². The quantitative estimate of drug-likeness (QED) is 0.753. The zero-order chi connectivity index (χ0) is 14.8. The summed E-state index contributed by atoms with van der Waals surface area (Å²) in [7, 11) is 1.43. The molecule has 1 saturated carbocycles. The standard InChI is InChI=1S/C14H16F3NO2/c1-20-13-5-3-2-4-11(13)12(19)8-18(10-6-7-10)9-14(15,16)17/h2-5,10H,6-9H2,1H3. The summed E-state index contributed by atoms with van der Waals surface area (Å²) >= 11 is 0. The van der Waals surface area contributed by atoms with Gasteiger partial charge in [-0.05, 0) is 25.0 Å². The molecule has 110 valence electrons. The van der Waals surface area contributed by atoms with E-state index in [0.717, 1.165) is 12.8 Å². The Hall–Kier alpha value is -1.56. The number of carbonyl (C=O) groups is 1. The molecule has 1 fully saturated rings. The maximum Gasteiger partial charge on any atom is 0.401 e. The number of benzene rings is 1. The highest BCUT2D eigenvalue weighted by Crippen LogP contribution is 2.30. The van der Waals surface area contributed by atoms with Crippen LogP contribution in [0, 0.1) is 0 Å². The van der Waals surface area contributed by atoms with E-state index in [9.17, 15) is 18.0 Å². The molecule has 1 aromatic carbocycles. The Morgan fingerprint density at radius 3 is 2.55 bits per heavy atom. The molecular weight excluding hydrogens is 271 g/mol. The molecule has 1 aromatic rings. The van der Waals surface area contributed by atoms with Crippen molar-refractivity contribution in [3.8, 4) is 5.75 Å². The Balaban J connectivity index is 2.08. The minimum absolute atomic E-state index is 0.129. The van der Waals surface area contributed by atoms with Crippen molar-refractivity contribution >= 4 is 5.78 Å². The number of carbonyl (C=O) groups excluding carboxylic acids is 1. The van der Waals surface area contributed by atoms with Crippen molar-refractivity contribution in [2.75, 3.05) is 20.2 Å². The summed E-state index contributed by atoms with van der Waals surface area (Å²) in [5, 5.41) is 0. The minimum Gasteiger partial charge on any atom is -0.496 e. The zero-order valence-corrected chi connectivity index (χ0v) is 11.1. The topological polar surface area (TPSA) is 29.5 Å². The summed E-state index contributed by atoms with van der Waals surface area (Å²) in [4.78, 5) is 13.4. The molecule has 3 nitrogen and oxygen atoms in total. The average molecular weight is 287 g/mol. The predicted molar refractivity (Wildman–Crippen MR) is 68.0 cm³/mol. The highest BCUT2D eigenvalue weighted by atomic mass is 19.4. The highest BCUT2D eigenvalue weighted by Gasteiger charge is 2.39. The molecule has 0 heterocycles. The molecule has 0 aromatic heterocycles. The van der Waals surface area contributed by atoms with Crippen LogP contribution in [0.15, 0.2) is 24.3 Å². The molecule has 20 heavy (non-hydrogen) atoms. The minimum atomic E-state index is -4.29. The van der Waals surface area contributed by atoms with E-state index in [0.29, 0.717) is 11.3 Å². The summed E-state index contributed by atoms with van der Waals surface area (Å²) in [6.07, 6.45) is -2.85. The Bertz CT molecular complexity index is 484. The second kappa shape index (κ2) is 5.83. The third-order valence-corrected chi connectivity index (χ3v) is 3.20. The smallest absolute Gasteiger partial charge is 0.401 e. The van der Waals surface area contributed by atoms with E-state index in [1.54, 1.807) is 24.3 Å². The van der Waals surface area contributed by atoms with Crippen LogP contribution in [-0.2, 0) is 0 Å². The van der Waals surface area contributed by atoms with Gasteiger partial charge in [-0.1, -0.05) is 12.1 Å². The fraction of sp³-hybridized carbons (Fsp3) is 0.500. The van der Waals surface area contributed by atoms with Gasteiger partial charge in [0, 0.05) is 6.04 Å². The van der Waals surface area contributed by atoms with Gasteiger partial charge in [0.05, 0.1) is 25.8 Å². The number of hydrogen-bond donors (Lipinski definition) is 0. The van der Waals surface area contributed by atoms with Crippen LogP contribution in [0.2, 0.25) is 0 Å². The molecule has 2 rings (SSSR count). The molecule has 0 unspecified atom stereocenters. The summed E-state index contributed by atoms with van der Waals surface area (Å²) < 4.78 is 42.6. The molecule has 1 aliphatic carbocycles. The SMILES string of the molecule is COc1ccccc1C(=O)CN(CC(F)(F)F)C1CC1. The third-order valence-electron chi connectivity index (χ3n) is 3.20. The molecule has 0 radical (unpaired) electrons. The van der Waals surface area contributed by atoms with E-state index in [2.05, 4.69) is 0 Å². The van der Waals surface area contributed by atoms with Crippen LogP contribution in [-0.4, -0.2) is 43.1 Å². The second-order valence-electron chi connectivity index (χ2n) is 4.87. The molecule has 0 saturated heterocycles. The largest absolute Gasteiger partial charge is 0.496 e. The zero-order valence-electron chi connectivity index (χ0n) is 11.1. The van der Waals surface area contributed by atoms with E-state index < -0.39 is 12.7 Å². The number of halogens is 3. The number of rotatable bonds is 6. The van der Waals surface area contributed by atoms with Crippen LogP contribution >= 0.6 is 0 Å². The van der Waals surface area contributed by atoms with Crippen LogP contribution in [0.25, 0.3) is 0 Å². The van der Waals surface area contributed by atoms with Crippen molar-refractivity contribution in [2.45, 2.75) is 25.1 Å². The lowest BCUT2D eigenvalue weighted by atomic mass is 10.1. The maximum absolute atomic E-state index is 12.5. The van der Waals surface area contributed by atoms with Crippen LogP contribution in [0.3, 0.4) is 0 Å². The summed E-state index contributed by atoms with van der Waals surface area (Å²) in [5.74, 6) is 0.0406. The molecule has 6 heteroatoms. The number of nitrogens with zero attached hydrogens (tertiary/aromatic N) is 1. The van der Waals surface area contributed by atoms with Crippen molar-refractivity contribution < 1.29 is 22.7 Å². The second-order valence-corrected chi connectivity index (χ2v) is 4.87. The van der Waals surface area contributed by atoms with E-state index in [1.807, 2.05) is 0 Å². The van der Waals surface area contributed by atoms with Crippen LogP contribution in [0.4, 0.5) is 13.2 Å². The van der Waals surface area contributed by atoms with Crippen molar-refractivity contribution in [1.29, 1.82) is 0 Å². The summed E-state index contributed by atoms with van der Waals surface area (Å²) in [5.41, 5.74) is 0.322. The first kappa shape index (κ1) is 14.8. The molecule has 0 aliphatic heterocycles. The van der Waals surface area contributed by atoms with E-state index in [-0.39, 0.29) is 18.4 Å². The van der Waals surface area contributed by atoms with Gasteiger partial charge >= 0.3 is 6.18 Å². The first-order valence-electron chi connectivity index (χ1n) is 6.38. The Labute approximate surface area is 115 Å². The van der Waals surface area contributed by atoms with Crippen LogP contribution in [0.5, 0.6) is 5.75 Å². The number of alkyl halides is 3. The lowest BCUT2D eigenvalue weighted by Gasteiger charge is -2.22. The lowest BCUT2D eigenvalue weighted by Crippen LogP contribution is -2.39. The van der Waals surface area contributed by atoms with Crippen molar-refractivity contribution in [2.24, 2.45) is 0 Å². The van der Waals surface area contributed by atoms with Gasteiger partial charge in [0.15, 0.2) is 5.78 Å². The van der Waals surface area contributed by atoms with Crippen LogP contribution in [0.1, 0.15) is 23.2 Å². The van der Waals surface area contributed by atoms with E-state index in [1.165, 1.54) is 12.0 Å². The molecule has 1 aliphatic rings. The van der Waals surface area contributed by atoms with Crippen molar-refractivity contribution in [3.63, 3.8) is 0 Å². The summed E-state index contributed by atoms with van der Waals surface area (Å²) in [6, 6.07) is 6.44. The van der Waals surface area contributed by atoms with Gasteiger partial charge in [-0.25, -0.2) is 0 Å². The van der Waals surface area contributed by atoms with Gasteiger partial charge < -0.3 is 4.74 Å². The molecule has 0 amide bonds. The monoisotopic (exact) mass is 287 g/mol. The van der Waals surface area contributed by atoms with Gasteiger partial charge in [-0.15, -0.1) is 0 Å². The van der Waals surface area contributed by atoms with E-state index >= 15 is 0 Å². The molecule has 0 bridgehead atoms. The van der Waals surface area contributed by atoms with Crippen molar-refractivity contribution in [1.82, 2.24) is 4.90 Å². The molecule has 0 N–H and O–H groups in total. The third kappa shape index (κ3) is 3.96. The Morgan fingerprint density at radius 1 is 1.35 bits per heavy atom. The lowest BCUT2D eigenvalue weighted by molar-refractivity contribution is -0.145. The number of ether oxygens (including phenoxy) is 1. The molecule has 0 spiro atoms. The van der Waals surface area contributed by atoms with Gasteiger partial charge in [-0.3, -0.25) is 9.69 Å². The van der Waals surface area contributed by atoms with Crippen molar-refractivity contribution in [3.05, 3.63) is 29.8 Å². The fourth-order valence-corrected chi connectivity index (χ4v) is 2.13. The normalized spacial score (nSPS) is 15.4. The maximum atomic E-state index is 12.5. The van der Waals surface area contributed by atoms with Gasteiger partial charge in [0.25, 0.3) is 0 Å². The number of ketones is 1. The number of Topliss-reactive ketones (excluding diaryl/α,β-unsaturated/α-hetero) is 1. The average Bonchev–Trinajstić information content (AvgIpc) is 3.20. The first-order chi connectivity index (χ1) is 9.40. The van der Waals surface area contributed by atoms with Gasteiger partial charge in [0.1, 0.15) is 5.75 Å². The predicted octanol–water partition coefficient (Wildman–Crippen LogP) is 2.90. The Kier molecular flexibility index (Phi) is 4.32. The molecule has 0 atom stereocenters. The fourth-order valence-electron chi connectivity index (χ4n) is 2.13. The number of hydrogen-bond acceptors (Lipinski definition) is 3. The number of para-hydroxylation sites is 1. The van der Waals surface area contributed by atoms with Gasteiger partial charge in [0.2, 0.25) is 0 Å². The molecular formula is C14H16F3NO2. The van der Waals surface area contributed by atoms with Crippen LogP contribution < -0.4 is 4.74 Å². The number of methoxy groups -OCH3 is 1.